The minimum absolute atomic E-state index is 0. The van der Waals surface area contributed by atoms with Crippen LogP contribution in [0.3, 0.4) is 0 Å². The van der Waals surface area contributed by atoms with Gasteiger partial charge >= 0.3 is 0 Å². The summed E-state index contributed by atoms with van der Waals surface area (Å²) in [5.41, 5.74) is 8.43. The van der Waals surface area contributed by atoms with Crippen LogP contribution in [0.15, 0.2) is 59.6 Å². The summed E-state index contributed by atoms with van der Waals surface area (Å²) in [6.45, 7) is 4.02. The van der Waals surface area contributed by atoms with Gasteiger partial charge in [-0.15, -0.1) is 24.0 Å². The minimum Gasteiger partial charge on any atom is -0.370 e. The maximum atomic E-state index is 11.9. The molecule has 0 aliphatic heterocycles. The van der Waals surface area contributed by atoms with E-state index in [2.05, 4.69) is 15.0 Å². The summed E-state index contributed by atoms with van der Waals surface area (Å²) in [5.74, 6) is 0.297. The molecule has 0 saturated carbocycles. The van der Waals surface area contributed by atoms with Gasteiger partial charge in [-0.05, 0) is 37.1 Å². The molecule has 142 valence electrons. The van der Waals surface area contributed by atoms with Gasteiger partial charge in [-0.3, -0.25) is 0 Å². The average Bonchev–Trinajstić information content (AvgIpc) is 2.53. The Morgan fingerprint density at radius 1 is 1.04 bits per heavy atom. The Hall–Kier alpha value is -1.65. The van der Waals surface area contributed by atoms with E-state index < -0.39 is 10.0 Å². The number of nitrogens with zero attached hydrogens (tertiary/aromatic N) is 1. The van der Waals surface area contributed by atoms with Crippen LogP contribution in [-0.4, -0.2) is 20.4 Å². The van der Waals surface area contributed by atoms with Gasteiger partial charge in [0.2, 0.25) is 10.0 Å². The first kappa shape index (κ1) is 22.4. The van der Waals surface area contributed by atoms with Gasteiger partial charge in [0, 0.05) is 11.7 Å². The molecule has 2 rings (SSSR count). The fourth-order valence-electron chi connectivity index (χ4n) is 2.25. The van der Waals surface area contributed by atoms with Crippen LogP contribution >= 0.6 is 24.0 Å². The smallest absolute Gasteiger partial charge is 0.216 e. The molecule has 0 aliphatic carbocycles. The van der Waals surface area contributed by atoms with E-state index in [0.29, 0.717) is 12.5 Å². The molecule has 26 heavy (non-hydrogen) atoms. The molecular weight excluding hydrogens is 463 g/mol. The van der Waals surface area contributed by atoms with E-state index >= 15 is 0 Å². The van der Waals surface area contributed by atoms with E-state index in [9.17, 15) is 8.42 Å². The average molecular weight is 488 g/mol. The second-order valence-corrected chi connectivity index (χ2v) is 7.79. The molecule has 0 radical (unpaired) electrons. The zero-order valence-electron chi connectivity index (χ0n) is 14.8. The Balaban J connectivity index is 0.00000338. The predicted octanol–water partition coefficient (Wildman–Crippen LogP) is 3.06. The lowest BCUT2D eigenvalue weighted by atomic mass is 10.1. The Kier molecular flexibility index (Phi) is 9.03. The number of halogens is 1. The van der Waals surface area contributed by atoms with Crippen LogP contribution in [0.4, 0.5) is 5.69 Å². The Morgan fingerprint density at radius 3 is 2.19 bits per heavy atom. The number of hydrogen-bond donors (Lipinski definition) is 3. The number of hydrogen-bond acceptors (Lipinski definition) is 3. The first-order valence-corrected chi connectivity index (χ1v) is 9.69. The van der Waals surface area contributed by atoms with Crippen molar-refractivity contribution in [2.45, 2.75) is 32.2 Å². The lowest BCUT2D eigenvalue weighted by Crippen LogP contribution is -2.31. The van der Waals surface area contributed by atoms with Crippen molar-refractivity contribution in [3.8, 4) is 0 Å². The van der Waals surface area contributed by atoms with E-state index in [1.54, 1.807) is 26.0 Å². The number of guanidine groups is 1. The van der Waals surface area contributed by atoms with Gasteiger partial charge in [0.1, 0.15) is 0 Å². The molecule has 4 N–H and O–H groups in total. The van der Waals surface area contributed by atoms with Gasteiger partial charge in [0.25, 0.3) is 0 Å². The second kappa shape index (κ2) is 10.5. The van der Waals surface area contributed by atoms with Crippen molar-refractivity contribution in [3.63, 3.8) is 0 Å². The van der Waals surface area contributed by atoms with Crippen molar-refractivity contribution in [3.05, 3.63) is 65.7 Å². The van der Waals surface area contributed by atoms with Gasteiger partial charge < -0.3 is 11.1 Å². The molecule has 8 heteroatoms. The van der Waals surface area contributed by atoms with E-state index in [-0.39, 0.29) is 35.8 Å². The maximum Gasteiger partial charge on any atom is 0.216 e. The second-order valence-electron chi connectivity index (χ2n) is 6.04. The molecule has 2 aromatic carbocycles. The number of aliphatic imine (C=N–C) groups is 1. The summed E-state index contributed by atoms with van der Waals surface area (Å²) in [7, 11) is -3.31. The molecule has 0 saturated heterocycles. The van der Waals surface area contributed by atoms with Crippen molar-refractivity contribution in [2.75, 3.05) is 5.32 Å². The largest absolute Gasteiger partial charge is 0.370 e. The van der Waals surface area contributed by atoms with Crippen molar-refractivity contribution in [1.29, 1.82) is 0 Å². The lowest BCUT2D eigenvalue weighted by molar-refractivity contribution is 0.569. The van der Waals surface area contributed by atoms with Crippen molar-refractivity contribution in [1.82, 2.24) is 4.72 Å². The van der Waals surface area contributed by atoms with Crippen LogP contribution in [0, 0.1) is 0 Å². The molecule has 0 atom stereocenters. The number of nitrogens with one attached hydrogen (secondary N) is 2. The highest BCUT2D eigenvalue weighted by Crippen LogP contribution is 2.10. The van der Waals surface area contributed by atoms with Gasteiger partial charge in [0.15, 0.2) is 5.96 Å². The summed E-state index contributed by atoms with van der Waals surface area (Å²) in [4.78, 5) is 4.29. The predicted molar refractivity (Wildman–Crippen MR) is 118 cm³/mol. The molecular formula is C18H25IN4O2S. The zero-order valence-corrected chi connectivity index (χ0v) is 18.0. The number of nitrogens with two attached hydrogens (primary N) is 1. The first-order chi connectivity index (χ1) is 11.8. The maximum absolute atomic E-state index is 11.9. The Bertz CT molecular complexity index is 807. The highest BCUT2D eigenvalue weighted by molar-refractivity contribution is 14.0. The standard InChI is InChI=1S/C18H24N4O2S.HI/c1-14(2)22-25(23,24)13-16-10-8-15(9-11-16)12-20-18(19)21-17-6-4-3-5-7-17;/h3-11,14,22H,12-13H2,1-2H3,(H3,19,20,21);1H. The summed E-state index contributed by atoms with van der Waals surface area (Å²) >= 11 is 0. The molecule has 0 aliphatic rings. The van der Waals surface area contributed by atoms with E-state index in [1.807, 2.05) is 42.5 Å². The van der Waals surface area contributed by atoms with Crippen LogP contribution in [-0.2, 0) is 22.3 Å². The van der Waals surface area contributed by atoms with E-state index in [0.717, 1.165) is 16.8 Å². The Morgan fingerprint density at radius 2 is 1.62 bits per heavy atom. The third kappa shape index (κ3) is 8.15. The van der Waals surface area contributed by atoms with Gasteiger partial charge in [-0.2, -0.15) is 0 Å². The molecule has 0 amide bonds. The lowest BCUT2D eigenvalue weighted by Gasteiger charge is -2.09. The number of anilines is 1. The zero-order chi connectivity index (χ0) is 18.3. The molecule has 0 heterocycles. The van der Waals surface area contributed by atoms with Crippen LogP contribution in [0.1, 0.15) is 25.0 Å². The SMILES string of the molecule is CC(C)NS(=O)(=O)Cc1ccc(CN=C(N)Nc2ccccc2)cc1.I. The number of para-hydroxylation sites is 1. The third-order valence-corrected chi connectivity index (χ3v) is 4.82. The molecule has 2 aromatic rings. The molecule has 6 nitrogen and oxygen atoms in total. The fourth-order valence-corrected chi connectivity index (χ4v) is 3.68. The van der Waals surface area contributed by atoms with E-state index in [1.165, 1.54) is 0 Å². The minimum atomic E-state index is -3.31. The molecule has 0 fully saturated rings. The molecule has 0 bridgehead atoms. The number of rotatable bonds is 7. The Labute approximate surface area is 172 Å². The summed E-state index contributed by atoms with van der Waals surface area (Å²) in [5, 5.41) is 3.01. The topological polar surface area (TPSA) is 96.6 Å². The summed E-state index contributed by atoms with van der Waals surface area (Å²) in [6, 6.07) is 16.8. The van der Waals surface area contributed by atoms with Crippen LogP contribution in [0.25, 0.3) is 0 Å². The van der Waals surface area contributed by atoms with Crippen LogP contribution in [0.2, 0.25) is 0 Å². The molecule has 0 unspecified atom stereocenters. The number of benzene rings is 2. The summed E-state index contributed by atoms with van der Waals surface area (Å²) < 4.78 is 26.4. The fraction of sp³-hybridized carbons (Fsp3) is 0.278. The molecule has 0 aromatic heterocycles. The van der Waals surface area contributed by atoms with Crippen LogP contribution in [0.5, 0.6) is 0 Å². The monoisotopic (exact) mass is 488 g/mol. The number of sulfonamides is 1. The van der Waals surface area contributed by atoms with Gasteiger partial charge in [-0.1, -0.05) is 42.5 Å². The first-order valence-electron chi connectivity index (χ1n) is 8.04. The van der Waals surface area contributed by atoms with Crippen molar-refractivity contribution >= 4 is 45.6 Å². The van der Waals surface area contributed by atoms with Gasteiger partial charge in [-0.25, -0.2) is 18.1 Å². The quantitative estimate of drug-likeness (QED) is 0.317. The van der Waals surface area contributed by atoms with Crippen molar-refractivity contribution in [2.24, 2.45) is 10.7 Å². The highest BCUT2D eigenvalue weighted by atomic mass is 127. The van der Waals surface area contributed by atoms with E-state index in [4.69, 9.17) is 5.73 Å². The van der Waals surface area contributed by atoms with Gasteiger partial charge in [0.05, 0.1) is 12.3 Å². The van der Waals surface area contributed by atoms with Crippen LogP contribution < -0.4 is 15.8 Å². The molecule has 0 spiro atoms. The highest BCUT2D eigenvalue weighted by Gasteiger charge is 2.12. The normalized spacial score (nSPS) is 11.9. The van der Waals surface area contributed by atoms with Crippen molar-refractivity contribution < 1.29 is 8.42 Å². The third-order valence-electron chi connectivity index (χ3n) is 3.27. The summed E-state index contributed by atoms with van der Waals surface area (Å²) in [6.07, 6.45) is 0.